The van der Waals surface area contributed by atoms with Crippen LogP contribution in [0.3, 0.4) is 0 Å². The van der Waals surface area contributed by atoms with Crippen molar-refractivity contribution in [3.05, 3.63) is 29.5 Å². The van der Waals surface area contributed by atoms with Crippen molar-refractivity contribution >= 4 is 16.7 Å². The second-order valence-corrected chi connectivity index (χ2v) is 5.12. The van der Waals surface area contributed by atoms with E-state index in [1.54, 1.807) is 0 Å². The molecule has 4 nitrogen and oxygen atoms in total. The van der Waals surface area contributed by atoms with Crippen LogP contribution in [0.25, 0.3) is 10.9 Å². The number of pyridine rings is 1. The summed E-state index contributed by atoms with van der Waals surface area (Å²) in [6.07, 6.45) is -3.09. The van der Waals surface area contributed by atoms with Crippen molar-refractivity contribution in [2.24, 2.45) is 0 Å². The maximum atomic E-state index is 12.9. The lowest BCUT2D eigenvalue weighted by atomic mass is 10.0. The molecule has 0 saturated carbocycles. The number of hydrogen-bond donors (Lipinski definition) is 1. The van der Waals surface area contributed by atoms with Gasteiger partial charge in [-0.2, -0.15) is 13.2 Å². The van der Waals surface area contributed by atoms with Crippen LogP contribution >= 0.6 is 0 Å². The number of fused-ring (bicyclic) bond motifs is 1. The molecule has 0 radical (unpaired) electrons. The average Bonchev–Trinajstić information content (AvgIpc) is 2.45. The van der Waals surface area contributed by atoms with E-state index in [0.717, 1.165) is 19.8 Å². The molecule has 7 heteroatoms. The number of nitrogens with zero attached hydrogens (tertiary/aromatic N) is 1. The summed E-state index contributed by atoms with van der Waals surface area (Å²) in [6.45, 7) is 3.55. The Kier molecular flexibility index (Phi) is 4.77. The van der Waals surface area contributed by atoms with Gasteiger partial charge in [0, 0.05) is 5.39 Å². The molecule has 0 spiro atoms. The third-order valence-electron chi connectivity index (χ3n) is 3.32. The van der Waals surface area contributed by atoms with Gasteiger partial charge in [0.2, 0.25) is 0 Å². The van der Waals surface area contributed by atoms with Crippen molar-refractivity contribution in [1.29, 1.82) is 0 Å². The Morgan fingerprint density at radius 2 is 2.04 bits per heavy atom. The van der Waals surface area contributed by atoms with Gasteiger partial charge in [-0.3, -0.25) is 4.79 Å². The molecule has 23 heavy (non-hydrogen) atoms. The molecule has 0 fully saturated rings. The van der Waals surface area contributed by atoms with Crippen molar-refractivity contribution in [3.63, 3.8) is 0 Å². The van der Waals surface area contributed by atoms with Gasteiger partial charge in [0.05, 0.1) is 17.7 Å². The zero-order valence-electron chi connectivity index (χ0n) is 12.7. The summed E-state index contributed by atoms with van der Waals surface area (Å²) in [5, 5.41) is 9.99. The number of ketones is 1. The topological polar surface area (TPSA) is 59.4 Å². The fraction of sp³-hybridized carbons (Fsp3) is 0.375. The fourth-order valence-electron chi connectivity index (χ4n) is 2.21. The maximum Gasteiger partial charge on any atom is 0.437 e. The first kappa shape index (κ1) is 17.1. The highest BCUT2D eigenvalue weighted by molar-refractivity contribution is 6.09. The van der Waals surface area contributed by atoms with E-state index in [1.165, 1.54) is 18.2 Å². The van der Waals surface area contributed by atoms with Crippen LogP contribution in [-0.2, 0) is 6.18 Å². The predicted octanol–water partition coefficient (Wildman–Crippen LogP) is 4.34. The lowest BCUT2D eigenvalue weighted by Gasteiger charge is -2.14. The second-order valence-electron chi connectivity index (χ2n) is 5.12. The van der Waals surface area contributed by atoms with Crippen molar-refractivity contribution in [2.75, 3.05) is 6.61 Å². The molecule has 0 aliphatic carbocycles. The predicted molar refractivity (Wildman–Crippen MR) is 78.8 cm³/mol. The highest BCUT2D eigenvalue weighted by Crippen LogP contribution is 2.39. The van der Waals surface area contributed by atoms with Crippen LogP contribution < -0.4 is 4.74 Å². The van der Waals surface area contributed by atoms with Gasteiger partial charge < -0.3 is 9.84 Å². The van der Waals surface area contributed by atoms with E-state index in [-0.39, 0.29) is 10.9 Å². The summed E-state index contributed by atoms with van der Waals surface area (Å²) in [4.78, 5) is 15.2. The van der Waals surface area contributed by atoms with Gasteiger partial charge >= 0.3 is 6.18 Å². The second kappa shape index (κ2) is 6.44. The fourth-order valence-corrected chi connectivity index (χ4v) is 2.21. The molecular weight excluding hydrogens is 311 g/mol. The number of carbonyl (C=O) groups is 1. The van der Waals surface area contributed by atoms with Gasteiger partial charge in [-0.05, 0) is 31.5 Å². The maximum absolute atomic E-state index is 12.9. The lowest BCUT2D eigenvalue weighted by molar-refractivity contribution is -0.142. The molecule has 1 heterocycles. The number of aromatic nitrogens is 1. The van der Waals surface area contributed by atoms with E-state index in [4.69, 9.17) is 4.74 Å². The molecule has 1 N–H and O–H groups in total. The van der Waals surface area contributed by atoms with Gasteiger partial charge in [-0.1, -0.05) is 13.3 Å². The zero-order valence-corrected chi connectivity index (χ0v) is 12.7. The SMILES string of the molecule is CCCCOc1ccc2nc(C(F)(F)F)c(O)c(C(C)=O)c2c1. The molecule has 0 aliphatic heterocycles. The third-order valence-corrected chi connectivity index (χ3v) is 3.32. The summed E-state index contributed by atoms with van der Waals surface area (Å²) >= 11 is 0. The monoisotopic (exact) mass is 327 g/mol. The molecule has 0 unspecified atom stereocenters. The summed E-state index contributed by atoms with van der Waals surface area (Å²) in [7, 11) is 0. The van der Waals surface area contributed by atoms with Crippen LogP contribution in [0.4, 0.5) is 13.2 Å². The van der Waals surface area contributed by atoms with Gasteiger partial charge in [-0.25, -0.2) is 4.98 Å². The number of hydrogen-bond acceptors (Lipinski definition) is 4. The minimum Gasteiger partial charge on any atom is -0.505 e. The van der Waals surface area contributed by atoms with Crippen molar-refractivity contribution in [3.8, 4) is 11.5 Å². The number of alkyl halides is 3. The molecule has 0 bridgehead atoms. The first-order valence-corrected chi connectivity index (χ1v) is 7.13. The molecule has 0 aliphatic rings. The van der Waals surface area contributed by atoms with Crippen LogP contribution in [-0.4, -0.2) is 22.5 Å². The quantitative estimate of drug-likeness (QED) is 0.655. The minimum absolute atomic E-state index is 0.0248. The number of unbranched alkanes of at least 4 members (excludes halogenated alkanes) is 1. The molecular formula is C16H16F3NO3. The van der Waals surface area contributed by atoms with Crippen molar-refractivity contribution < 1.29 is 27.8 Å². The minimum atomic E-state index is -4.85. The first-order chi connectivity index (χ1) is 10.8. The molecule has 2 aromatic rings. The smallest absolute Gasteiger partial charge is 0.437 e. The number of benzene rings is 1. The van der Waals surface area contributed by atoms with E-state index >= 15 is 0 Å². The van der Waals surface area contributed by atoms with Gasteiger partial charge in [0.1, 0.15) is 5.75 Å². The number of carbonyl (C=O) groups excluding carboxylic acids is 1. The number of rotatable bonds is 5. The Bertz CT molecular complexity index is 741. The Hall–Kier alpha value is -2.31. The Morgan fingerprint density at radius 1 is 1.35 bits per heavy atom. The van der Waals surface area contributed by atoms with E-state index < -0.39 is 29.0 Å². The number of ether oxygens (including phenoxy) is 1. The average molecular weight is 327 g/mol. The van der Waals surface area contributed by atoms with Crippen molar-refractivity contribution in [2.45, 2.75) is 32.9 Å². The standard InChI is InChI=1S/C16H16F3NO3/c1-3-4-7-23-10-5-6-12-11(8-10)13(9(2)21)14(22)15(20-12)16(17,18)19/h5-6,8,22H,3-4,7H2,1-2H3. The van der Waals surface area contributed by atoms with Crippen LogP contribution in [0.5, 0.6) is 11.5 Å². The van der Waals surface area contributed by atoms with Crippen molar-refractivity contribution in [1.82, 2.24) is 4.98 Å². The van der Waals surface area contributed by atoms with Crippen LogP contribution in [0.1, 0.15) is 42.7 Å². The van der Waals surface area contributed by atoms with Crippen LogP contribution in [0.2, 0.25) is 0 Å². The molecule has 124 valence electrons. The largest absolute Gasteiger partial charge is 0.505 e. The van der Waals surface area contributed by atoms with E-state index in [1.807, 2.05) is 6.92 Å². The Balaban J connectivity index is 2.62. The molecule has 2 rings (SSSR count). The summed E-state index contributed by atoms with van der Waals surface area (Å²) < 4.78 is 44.3. The Labute approximate surface area is 130 Å². The number of Topliss-reactive ketones (excluding diaryl/α,β-unsaturated/α-hetero) is 1. The van der Waals surface area contributed by atoms with Gasteiger partial charge in [0.25, 0.3) is 0 Å². The van der Waals surface area contributed by atoms with Gasteiger partial charge in [0.15, 0.2) is 17.2 Å². The number of aromatic hydroxyl groups is 1. The molecule has 1 aromatic carbocycles. The van der Waals surface area contributed by atoms with E-state index in [2.05, 4.69) is 4.98 Å². The highest BCUT2D eigenvalue weighted by atomic mass is 19.4. The van der Waals surface area contributed by atoms with Gasteiger partial charge in [-0.15, -0.1) is 0 Å². The summed E-state index contributed by atoms with van der Waals surface area (Å²) in [5.74, 6) is -1.41. The normalized spacial score (nSPS) is 11.7. The summed E-state index contributed by atoms with van der Waals surface area (Å²) in [6, 6.07) is 4.26. The van der Waals surface area contributed by atoms with E-state index in [9.17, 15) is 23.1 Å². The summed E-state index contributed by atoms with van der Waals surface area (Å²) in [5.41, 5.74) is -1.89. The molecule has 1 aromatic heterocycles. The molecule has 0 saturated heterocycles. The highest BCUT2D eigenvalue weighted by Gasteiger charge is 2.38. The third kappa shape index (κ3) is 3.55. The molecule has 0 amide bonds. The Morgan fingerprint density at radius 3 is 2.61 bits per heavy atom. The van der Waals surface area contributed by atoms with E-state index in [0.29, 0.717) is 12.4 Å². The number of halogens is 3. The first-order valence-electron chi connectivity index (χ1n) is 7.13. The molecule has 0 atom stereocenters. The van der Waals surface area contributed by atoms with Crippen LogP contribution in [0.15, 0.2) is 18.2 Å². The lowest BCUT2D eigenvalue weighted by Crippen LogP contribution is -2.11. The van der Waals surface area contributed by atoms with Crippen LogP contribution in [0, 0.1) is 0 Å². The zero-order chi connectivity index (χ0) is 17.2.